The van der Waals surface area contributed by atoms with Crippen molar-refractivity contribution in [1.29, 1.82) is 0 Å². The highest BCUT2D eigenvalue weighted by molar-refractivity contribution is 6.04. The van der Waals surface area contributed by atoms with Crippen molar-refractivity contribution >= 4 is 23.5 Å². The lowest BCUT2D eigenvalue weighted by molar-refractivity contribution is -0.132. The number of nitrogens with one attached hydrogen (secondary N) is 1. The Morgan fingerprint density at radius 1 is 1.44 bits per heavy atom. The predicted molar refractivity (Wildman–Crippen MR) is 56.4 cm³/mol. The van der Waals surface area contributed by atoms with E-state index in [1.165, 1.54) is 17.3 Å². The molecule has 84 valence electrons. The zero-order valence-corrected chi connectivity index (χ0v) is 8.67. The monoisotopic (exact) mass is 221 g/mol. The lowest BCUT2D eigenvalue weighted by Gasteiger charge is -2.32. The van der Waals surface area contributed by atoms with Gasteiger partial charge in [0, 0.05) is 12.4 Å². The minimum Gasteiger partial charge on any atom is -0.381 e. The largest absolute Gasteiger partial charge is 0.381 e. The maximum absolute atomic E-state index is 11.4. The smallest absolute Gasteiger partial charge is 0.249 e. The molecule has 0 radical (unpaired) electrons. The summed E-state index contributed by atoms with van der Waals surface area (Å²) in [7, 11) is 0. The van der Waals surface area contributed by atoms with Gasteiger partial charge in [-0.05, 0) is 6.92 Å². The first kappa shape index (κ1) is 10.3. The molecule has 1 saturated heterocycles. The summed E-state index contributed by atoms with van der Waals surface area (Å²) in [6.45, 7) is 1.73. The number of carbonyl (C=O) groups excluding carboxylic acids is 2. The lowest BCUT2D eigenvalue weighted by Crippen LogP contribution is -2.57. The van der Waals surface area contributed by atoms with Gasteiger partial charge < -0.3 is 10.6 Å². The molecule has 16 heavy (non-hydrogen) atoms. The highest BCUT2D eigenvalue weighted by Gasteiger charge is 2.32. The number of nitrogens with two attached hydrogens (primary N) is 1. The summed E-state index contributed by atoms with van der Waals surface area (Å²) < 4.78 is 0. The van der Waals surface area contributed by atoms with Crippen molar-refractivity contribution in [2.24, 2.45) is 0 Å². The van der Waals surface area contributed by atoms with Gasteiger partial charge in [0.05, 0.1) is 6.54 Å². The molecule has 1 unspecified atom stereocenters. The van der Waals surface area contributed by atoms with E-state index in [-0.39, 0.29) is 24.2 Å². The lowest BCUT2D eigenvalue weighted by atomic mass is 10.2. The van der Waals surface area contributed by atoms with Gasteiger partial charge >= 0.3 is 0 Å². The number of amides is 2. The number of rotatable bonds is 1. The van der Waals surface area contributed by atoms with Crippen LogP contribution in [0.4, 0.5) is 11.6 Å². The van der Waals surface area contributed by atoms with Crippen LogP contribution in [0.5, 0.6) is 0 Å². The van der Waals surface area contributed by atoms with Gasteiger partial charge in [-0.3, -0.25) is 14.9 Å². The van der Waals surface area contributed by atoms with Crippen molar-refractivity contribution in [2.75, 3.05) is 17.2 Å². The number of imide groups is 1. The fourth-order valence-corrected chi connectivity index (χ4v) is 1.54. The molecular formula is C9H11N5O2. The number of aromatic nitrogens is 2. The highest BCUT2D eigenvalue weighted by Crippen LogP contribution is 2.20. The average Bonchev–Trinajstić information content (AvgIpc) is 2.24. The van der Waals surface area contributed by atoms with Gasteiger partial charge in [0.15, 0.2) is 11.6 Å². The van der Waals surface area contributed by atoms with Crippen molar-refractivity contribution in [1.82, 2.24) is 15.3 Å². The van der Waals surface area contributed by atoms with Gasteiger partial charge in [-0.2, -0.15) is 0 Å². The second-order valence-electron chi connectivity index (χ2n) is 3.48. The Labute approximate surface area is 91.7 Å². The van der Waals surface area contributed by atoms with Crippen LogP contribution in [0.25, 0.3) is 0 Å². The average molecular weight is 221 g/mol. The predicted octanol–water partition coefficient (Wildman–Crippen LogP) is -1.09. The SMILES string of the molecule is CC1C(=O)NC(=O)CN1c1nccnc1N. The first-order valence-corrected chi connectivity index (χ1v) is 4.76. The van der Waals surface area contributed by atoms with Gasteiger partial charge in [0.25, 0.3) is 0 Å². The topological polar surface area (TPSA) is 101 Å². The Hall–Kier alpha value is -2.18. The van der Waals surface area contributed by atoms with Crippen LogP contribution in [0.15, 0.2) is 12.4 Å². The van der Waals surface area contributed by atoms with Crippen molar-refractivity contribution in [3.05, 3.63) is 12.4 Å². The van der Waals surface area contributed by atoms with Gasteiger partial charge in [-0.15, -0.1) is 0 Å². The molecule has 7 heteroatoms. The molecule has 7 nitrogen and oxygen atoms in total. The van der Waals surface area contributed by atoms with Crippen LogP contribution in [0.3, 0.4) is 0 Å². The van der Waals surface area contributed by atoms with Gasteiger partial charge in [0.1, 0.15) is 6.04 Å². The Bertz CT molecular complexity index is 447. The molecule has 0 spiro atoms. The fourth-order valence-electron chi connectivity index (χ4n) is 1.54. The van der Waals surface area contributed by atoms with Crippen molar-refractivity contribution in [3.63, 3.8) is 0 Å². The van der Waals surface area contributed by atoms with Gasteiger partial charge in [-0.1, -0.05) is 0 Å². The Morgan fingerprint density at radius 2 is 2.12 bits per heavy atom. The minimum absolute atomic E-state index is 0.0514. The molecule has 1 aromatic rings. The quantitative estimate of drug-likeness (QED) is 0.584. The maximum atomic E-state index is 11.4. The van der Waals surface area contributed by atoms with Crippen LogP contribution in [0.1, 0.15) is 6.92 Å². The molecular weight excluding hydrogens is 210 g/mol. The van der Waals surface area contributed by atoms with Crippen LogP contribution in [-0.4, -0.2) is 34.4 Å². The fraction of sp³-hybridized carbons (Fsp3) is 0.333. The standard InChI is InChI=1S/C9H11N5O2/c1-5-9(16)13-6(15)4-14(5)8-7(10)11-2-3-12-8/h2-3,5H,4H2,1H3,(H2,10,11)(H,13,15,16). The van der Waals surface area contributed by atoms with Gasteiger partial charge in [0.2, 0.25) is 11.8 Å². The third-order valence-corrected chi connectivity index (χ3v) is 2.40. The molecule has 0 bridgehead atoms. The van der Waals surface area contributed by atoms with E-state index in [4.69, 9.17) is 5.73 Å². The molecule has 1 aliphatic heterocycles. The third-order valence-electron chi connectivity index (χ3n) is 2.40. The van der Waals surface area contributed by atoms with Crippen molar-refractivity contribution in [2.45, 2.75) is 13.0 Å². The molecule has 1 aliphatic rings. The summed E-state index contributed by atoms with van der Waals surface area (Å²) in [6.07, 6.45) is 2.92. The molecule has 2 heterocycles. The zero-order valence-electron chi connectivity index (χ0n) is 8.67. The molecule has 0 saturated carbocycles. The number of carbonyl (C=O) groups is 2. The van der Waals surface area contributed by atoms with E-state index in [2.05, 4.69) is 15.3 Å². The van der Waals surface area contributed by atoms with E-state index in [9.17, 15) is 9.59 Å². The molecule has 0 aliphatic carbocycles. The van der Waals surface area contributed by atoms with Gasteiger partial charge in [-0.25, -0.2) is 9.97 Å². The molecule has 0 aromatic carbocycles. The first-order valence-electron chi connectivity index (χ1n) is 4.76. The Balaban J connectivity index is 2.36. The maximum Gasteiger partial charge on any atom is 0.249 e. The summed E-state index contributed by atoms with van der Waals surface area (Å²) in [6, 6.07) is -0.489. The Morgan fingerprint density at radius 3 is 2.81 bits per heavy atom. The third kappa shape index (κ3) is 1.67. The van der Waals surface area contributed by atoms with Crippen LogP contribution in [-0.2, 0) is 9.59 Å². The van der Waals surface area contributed by atoms with Crippen molar-refractivity contribution < 1.29 is 9.59 Å². The van der Waals surface area contributed by atoms with E-state index >= 15 is 0 Å². The van der Waals surface area contributed by atoms with Crippen LogP contribution >= 0.6 is 0 Å². The molecule has 1 atom stereocenters. The highest BCUT2D eigenvalue weighted by atomic mass is 16.2. The zero-order chi connectivity index (χ0) is 11.7. The molecule has 2 rings (SSSR count). The van der Waals surface area contributed by atoms with Crippen LogP contribution in [0, 0.1) is 0 Å². The normalized spacial score (nSPS) is 20.8. The summed E-state index contributed by atoms with van der Waals surface area (Å²) in [5.74, 6) is -0.162. The second kappa shape index (κ2) is 3.76. The van der Waals surface area contributed by atoms with E-state index in [1.807, 2.05) is 0 Å². The molecule has 1 fully saturated rings. The summed E-state index contributed by atoms with van der Waals surface area (Å²) in [5.41, 5.74) is 5.65. The number of nitrogen functional groups attached to an aromatic ring is 1. The number of piperazine rings is 1. The minimum atomic E-state index is -0.489. The second-order valence-corrected chi connectivity index (χ2v) is 3.48. The van der Waals surface area contributed by atoms with Crippen LogP contribution in [0.2, 0.25) is 0 Å². The van der Waals surface area contributed by atoms with Crippen LogP contribution < -0.4 is 16.0 Å². The number of anilines is 2. The summed E-state index contributed by atoms with van der Waals surface area (Å²) >= 11 is 0. The molecule has 2 amide bonds. The molecule has 1 aromatic heterocycles. The molecule has 3 N–H and O–H groups in total. The Kier molecular flexibility index (Phi) is 2.43. The van der Waals surface area contributed by atoms with E-state index in [0.29, 0.717) is 5.82 Å². The number of hydrogen-bond acceptors (Lipinski definition) is 6. The first-order chi connectivity index (χ1) is 7.59. The van der Waals surface area contributed by atoms with E-state index in [0.717, 1.165) is 0 Å². The summed E-state index contributed by atoms with van der Waals surface area (Å²) in [5, 5.41) is 2.24. The summed E-state index contributed by atoms with van der Waals surface area (Å²) in [4.78, 5) is 32.1. The van der Waals surface area contributed by atoms with E-state index in [1.54, 1.807) is 6.92 Å². The number of hydrogen-bond donors (Lipinski definition) is 2. The van der Waals surface area contributed by atoms with E-state index < -0.39 is 6.04 Å². The van der Waals surface area contributed by atoms with Crippen molar-refractivity contribution in [3.8, 4) is 0 Å². The number of nitrogens with zero attached hydrogens (tertiary/aromatic N) is 3.